The number of anilines is 1. The van der Waals surface area contributed by atoms with Gasteiger partial charge < -0.3 is 4.74 Å². The number of nitrogens with zero attached hydrogens (tertiary/aromatic N) is 2. The molecule has 0 saturated heterocycles. The summed E-state index contributed by atoms with van der Waals surface area (Å²) in [6, 6.07) is 20.3. The van der Waals surface area contributed by atoms with E-state index < -0.39 is 0 Å². The molecule has 30 heavy (non-hydrogen) atoms. The van der Waals surface area contributed by atoms with Gasteiger partial charge in [-0.1, -0.05) is 23.7 Å². The number of carbonyl (C=O) groups is 1. The smallest absolute Gasteiger partial charge is 0.282 e. The number of hydrogen-bond donors (Lipinski definition) is 0. The summed E-state index contributed by atoms with van der Waals surface area (Å²) in [5, 5.41) is 0.596. The molecule has 0 spiro atoms. The van der Waals surface area contributed by atoms with Crippen molar-refractivity contribution in [1.29, 1.82) is 0 Å². The van der Waals surface area contributed by atoms with E-state index in [2.05, 4.69) is 4.99 Å². The van der Waals surface area contributed by atoms with Crippen molar-refractivity contribution in [1.82, 2.24) is 0 Å². The van der Waals surface area contributed by atoms with Gasteiger partial charge in [-0.15, -0.1) is 0 Å². The van der Waals surface area contributed by atoms with Crippen molar-refractivity contribution in [2.75, 3.05) is 11.5 Å². The van der Waals surface area contributed by atoms with Crippen LogP contribution in [0.4, 0.5) is 10.1 Å². The number of aliphatic imine (C=N–C) groups is 1. The van der Waals surface area contributed by atoms with Gasteiger partial charge in [0, 0.05) is 10.6 Å². The summed E-state index contributed by atoms with van der Waals surface area (Å²) >= 11 is 6.02. The zero-order chi connectivity index (χ0) is 21.1. The molecule has 0 radical (unpaired) electrons. The highest BCUT2D eigenvalue weighted by Crippen LogP contribution is 2.29. The van der Waals surface area contributed by atoms with E-state index in [0.29, 0.717) is 28.7 Å². The monoisotopic (exact) mass is 420 g/mol. The lowest BCUT2D eigenvalue weighted by atomic mass is 10.1. The van der Waals surface area contributed by atoms with E-state index in [1.54, 1.807) is 35.2 Å². The fraction of sp³-hybridized carbons (Fsp3) is 0.0833. The average Bonchev–Trinajstić information content (AvgIpc) is 3.07. The lowest BCUT2D eigenvalue weighted by molar-refractivity contribution is -0.113. The minimum absolute atomic E-state index is 0.264. The van der Waals surface area contributed by atoms with Crippen LogP contribution in [0.5, 0.6) is 5.75 Å². The molecule has 3 aromatic carbocycles. The summed E-state index contributed by atoms with van der Waals surface area (Å²) in [5.74, 6) is 0.610. The second kappa shape index (κ2) is 8.51. The van der Waals surface area contributed by atoms with Gasteiger partial charge in [-0.05, 0) is 79.2 Å². The Bertz CT molecular complexity index is 1120. The van der Waals surface area contributed by atoms with Crippen LogP contribution in [-0.4, -0.2) is 18.3 Å². The predicted octanol–water partition coefficient (Wildman–Crippen LogP) is 5.71. The molecule has 3 aromatic rings. The van der Waals surface area contributed by atoms with Crippen LogP contribution in [0.15, 0.2) is 83.5 Å². The molecule has 0 aromatic heterocycles. The maximum absolute atomic E-state index is 13.3. The molecule has 150 valence electrons. The van der Waals surface area contributed by atoms with E-state index in [1.165, 1.54) is 12.1 Å². The van der Waals surface area contributed by atoms with Crippen LogP contribution >= 0.6 is 11.6 Å². The maximum atomic E-state index is 13.3. The number of benzene rings is 3. The normalized spacial score (nSPS) is 14.9. The summed E-state index contributed by atoms with van der Waals surface area (Å²) in [5.41, 5.74) is 2.37. The third-order valence-corrected chi connectivity index (χ3v) is 4.79. The zero-order valence-corrected chi connectivity index (χ0v) is 16.9. The third-order valence-electron chi connectivity index (χ3n) is 4.54. The summed E-state index contributed by atoms with van der Waals surface area (Å²) in [6.07, 6.45) is 1.65. The highest BCUT2D eigenvalue weighted by Gasteiger charge is 2.32. The fourth-order valence-corrected chi connectivity index (χ4v) is 3.25. The second-order valence-electron chi connectivity index (χ2n) is 6.59. The Kier molecular flexibility index (Phi) is 5.63. The van der Waals surface area contributed by atoms with Crippen molar-refractivity contribution >= 4 is 35.1 Å². The van der Waals surface area contributed by atoms with Crippen LogP contribution in [-0.2, 0) is 4.79 Å². The maximum Gasteiger partial charge on any atom is 0.282 e. The van der Waals surface area contributed by atoms with Gasteiger partial charge in [0.2, 0.25) is 0 Å². The van der Waals surface area contributed by atoms with Crippen molar-refractivity contribution in [3.63, 3.8) is 0 Å². The quantitative estimate of drug-likeness (QED) is 0.496. The Balaban J connectivity index is 1.76. The molecule has 1 amide bonds. The lowest BCUT2D eigenvalue weighted by Crippen LogP contribution is -2.32. The van der Waals surface area contributed by atoms with Crippen molar-refractivity contribution in [3.8, 4) is 5.75 Å². The van der Waals surface area contributed by atoms with Crippen LogP contribution in [0.25, 0.3) is 6.08 Å². The lowest BCUT2D eigenvalue weighted by Gasteiger charge is -2.19. The molecule has 1 aliphatic rings. The first-order valence-corrected chi connectivity index (χ1v) is 9.82. The topological polar surface area (TPSA) is 41.9 Å². The van der Waals surface area contributed by atoms with Crippen molar-refractivity contribution < 1.29 is 13.9 Å². The van der Waals surface area contributed by atoms with Gasteiger partial charge in [0.05, 0.1) is 12.3 Å². The average molecular weight is 421 g/mol. The van der Waals surface area contributed by atoms with Gasteiger partial charge in [0.25, 0.3) is 5.91 Å². The Morgan fingerprint density at radius 1 is 1.00 bits per heavy atom. The standard InChI is InChI=1S/C24H18ClFN2O2/c1-2-30-21-13-11-20(12-14-21)28-23(17-5-7-18(25)8-6-17)27-22(24(28)29)15-16-3-9-19(26)10-4-16/h3-15H,2H2,1H3/b22-15+. The number of hydrogen-bond acceptors (Lipinski definition) is 3. The van der Waals surface area contributed by atoms with Crippen LogP contribution in [0.2, 0.25) is 5.02 Å². The molecule has 0 bridgehead atoms. The number of halogens is 2. The number of ether oxygens (including phenoxy) is 1. The molecule has 0 unspecified atom stereocenters. The minimum atomic E-state index is -0.337. The number of amides is 1. The molecule has 0 atom stereocenters. The summed E-state index contributed by atoms with van der Waals surface area (Å²) in [4.78, 5) is 19.4. The first-order valence-electron chi connectivity index (χ1n) is 9.44. The molecular formula is C24H18ClFN2O2. The zero-order valence-electron chi connectivity index (χ0n) is 16.2. The van der Waals surface area contributed by atoms with E-state index in [0.717, 1.165) is 11.3 Å². The van der Waals surface area contributed by atoms with Crippen molar-refractivity contribution in [2.24, 2.45) is 4.99 Å². The first kappa shape index (κ1) is 19.9. The molecule has 0 saturated carbocycles. The van der Waals surface area contributed by atoms with E-state index in [4.69, 9.17) is 16.3 Å². The largest absolute Gasteiger partial charge is 0.494 e. The van der Waals surface area contributed by atoms with Crippen LogP contribution < -0.4 is 9.64 Å². The highest BCUT2D eigenvalue weighted by atomic mass is 35.5. The van der Waals surface area contributed by atoms with Crippen molar-refractivity contribution in [3.05, 3.63) is 100 Å². The molecule has 4 nitrogen and oxygen atoms in total. The summed E-state index contributed by atoms with van der Waals surface area (Å²) < 4.78 is 18.7. The molecular weight excluding hydrogens is 403 g/mol. The number of carbonyl (C=O) groups excluding carboxylic acids is 1. The molecule has 4 rings (SSSR count). The van der Waals surface area contributed by atoms with E-state index in [9.17, 15) is 9.18 Å². The number of rotatable bonds is 5. The van der Waals surface area contributed by atoms with Gasteiger partial charge in [-0.2, -0.15) is 0 Å². The van der Waals surface area contributed by atoms with Gasteiger partial charge in [-0.3, -0.25) is 9.69 Å². The van der Waals surface area contributed by atoms with Crippen LogP contribution in [0, 0.1) is 5.82 Å². The second-order valence-corrected chi connectivity index (χ2v) is 7.03. The van der Waals surface area contributed by atoms with E-state index in [1.807, 2.05) is 43.3 Å². The summed E-state index contributed by atoms with van der Waals surface area (Å²) in [7, 11) is 0. The first-order chi connectivity index (χ1) is 14.5. The van der Waals surface area contributed by atoms with Gasteiger partial charge in [0.1, 0.15) is 23.1 Å². The third kappa shape index (κ3) is 4.11. The van der Waals surface area contributed by atoms with Gasteiger partial charge in [0.15, 0.2) is 0 Å². The minimum Gasteiger partial charge on any atom is -0.494 e. The van der Waals surface area contributed by atoms with Gasteiger partial charge in [-0.25, -0.2) is 9.38 Å². The Labute approximate surface area is 178 Å². The molecule has 0 aliphatic carbocycles. The van der Waals surface area contributed by atoms with Crippen molar-refractivity contribution in [2.45, 2.75) is 6.92 Å². The summed E-state index contributed by atoms with van der Waals surface area (Å²) in [6.45, 7) is 2.47. The highest BCUT2D eigenvalue weighted by molar-refractivity contribution is 6.34. The predicted molar refractivity (Wildman–Crippen MR) is 117 cm³/mol. The van der Waals surface area contributed by atoms with E-state index in [-0.39, 0.29) is 17.4 Å². The molecule has 0 N–H and O–H groups in total. The molecule has 6 heteroatoms. The van der Waals surface area contributed by atoms with Gasteiger partial charge >= 0.3 is 0 Å². The molecule has 0 fully saturated rings. The van der Waals surface area contributed by atoms with Crippen LogP contribution in [0.1, 0.15) is 18.1 Å². The Morgan fingerprint density at radius 2 is 1.67 bits per heavy atom. The SMILES string of the molecule is CCOc1ccc(N2C(=O)/C(=C\c3ccc(F)cc3)N=C2c2ccc(Cl)cc2)cc1. The Morgan fingerprint density at radius 3 is 2.30 bits per heavy atom. The molecule has 1 heterocycles. The fourth-order valence-electron chi connectivity index (χ4n) is 3.12. The Hall–Kier alpha value is -3.44. The molecule has 1 aliphatic heterocycles. The number of amidine groups is 1. The van der Waals surface area contributed by atoms with Crippen LogP contribution in [0.3, 0.4) is 0 Å². The van der Waals surface area contributed by atoms with E-state index >= 15 is 0 Å².